The zero-order valence-corrected chi connectivity index (χ0v) is 9.61. The summed E-state index contributed by atoms with van der Waals surface area (Å²) in [6.07, 6.45) is 7.57. The van der Waals surface area contributed by atoms with Crippen molar-refractivity contribution >= 4 is 5.97 Å². The minimum absolute atomic E-state index is 0.184. The molecule has 0 aromatic rings. The number of carbonyl (C=O) groups is 1. The van der Waals surface area contributed by atoms with Crippen LogP contribution in [0.15, 0.2) is 12.0 Å². The summed E-state index contributed by atoms with van der Waals surface area (Å²) < 4.78 is 10.4. The molecule has 0 saturated heterocycles. The molecule has 16 heavy (non-hydrogen) atoms. The van der Waals surface area contributed by atoms with E-state index in [1.54, 1.807) is 0 Å². The minimum Gasteiger partial charge on any atom is -0.465 e. The van der Waals surface area contributed by atoms with Crippen LogP contribution in [0, 0.1) is 0 Å². The molecule has 0 saturated carbocycles. The number of carbonyl (C=O) groups excluding carboxylic acids is 1. The van der Waals surface area contributed by atoms with Gasteiger partial charge in [0.2, 0.25) is 0 Å². The second-order valence-corrected chi connectivity index (χ2v) is 3.88. The van der Waals surface area contributed by atoms with Gasteiger partial charge in [-0.25, -0.2) is 0 Å². The molecular formula is C12H20O4. The molecule has 0 radical (unpaired) electrons. The Morgan fingerprint density at radius 1 is 1.38 bits per heavy atom. The molecule has 0 bridgehead atoms. The van der Waals surface area contributed by atoms with Gasteiger partial charge in [-0.3, -0.25) is 4.79 Å². The number of allylic oxidation sites excluding steroid dienone is 1. The van der Waals surface area contributed by atoms with Gasteiger partial charge in [0.15, 0.2) is 0 Å². The fourth-order valence-electron chi connectivity index (χ4n) is 1.49. The summed E-state index contributed by atoms with van der Waals surface area (Å²) in [5.74, 6) is 0.121. The van der Waals surface area contributed by atoms with Gasteiger partial charge in [-0.1, -0.05) is 6.42 Å². The van der Waals surface area contributed by atoms with Crippen LogP contribution in [0.5, 0.6) is 0 Å². The van der Waals surface area contributed by atoms with Gasteiger partial charge in [0.1, 0.15) is 0 Å². The van der Waals surface area contributed by atoms with Crippen LogP contribution in [-0.2, 0) is 14.3 Å². The maximum Gasteiger partial charge on any atom is 0.313 e. The van der Waals surface area contributed by atoms with E-state index in [2.05, 4.69) is 0 Å². The maximum absolute atomic E-state index is 11.4. The van der Waals surface area contributed by atoms with E-state index in [1.807, 2.05) is 6.08 Å². The van der Waals surface area contributed by atoms with E-state index in [-0.39, 0.29) is 12.6 Å². The van der Waals surface area contributed by atoms with Gasteiger partial charge in [-0.2, -0.15) is 0 Å². The summed E-state index contributed by atoms with van der Waals surface area (Å²) in [6.45, 7) is 0.812. The Morgan fingerprint density at radius 3 is 3.06 bits per heavy atom. The summed E-state index contributed by atoms with van der Waals surface area (Å²) in [4.78, 5) is 11.4. The van der Waals surface area contributed by atoms with Gasteiger partial charge in [-0.05, 0) is 38.2 Å². The molecule has 0 aliphatic carbocycles. The molecule has 0 aromatic heterocycles. The zero-order chi connectivity index (χ0) is 11.6. The molecular weight excluding hydrogens is 208 g/mol. The number of unbranched alkanes of at least 4 members (excludes halogenated alkanes) is 2. The van der Waals surface area contributed by atoms with Crippen LogP contribution >= 0.6 is 0 Å². The SMILES string of the molecule is O=C(CCCCCO)OC1=CCCCCO1. The van der Waals surface area contributed by atoms with Gasteiger partial charge in [0.05, 0.1) is 6.61 Å². The summed E-state index contributed by atoms with van der Waals surface area (Å²) in [5.41, 5.74) is 0. The molecule has 1 aliphatic rings. The van der Waals surface area contributed by atoms with Crippen molar-refractivity contribution in [3.05, 3.63) is 12.0 Å². The second kappa shape index (κ2) is 8.16. The Labute approximate surface area is 96.2 Å². The van der Waals surface area contributed by atoms with Crippen molar-refractivity contribution in [3.8, 4) is 0 Å². The number of ether oxygens (including phenoxy) is 2. The van der Waals surface area contributed by atoms with Crippen LogP contribution in [0.4, 0.5) is 0 Å². The van der Waals surface area contributed by atoms with Crippen LogP contribution in [0.2, 0.25) is 0 Å². The normalized spacial score (nSPS) is 15.9. The third kappa shape index (κ3) is 5.75. The predicted octanol–water partition coefficient (Wildman–Crippen LogP) is 2.12. The maximum atomic E-state index is 11.4. The zero-order valence-electron chi connectivity index (χ0n) is 9.61. The van der Waals surface area contributed by atoms with Gasteiger partial charge >= 0.3 is 5.97 Å². The molecule has 0 aromatic carbocycles. The lowest BCUT2D eigenvalue weighted by molar-refractivity contribution is -0.145. The number of aliphatic hydroxyl groups is 1. The lowest BCUT2D eigenvalue weighted by Gasteiger charge is -2.07. The Hall–Kier alpha value is -1.03. The first-order valence-corrected chi connectivity index (χ1v) is 5.97. The summed E-state index contributed by atoms with van der Waals surface area (Å²) >= 11 is 0. The third-order valence-corrected chi connectivity index (χ3v) is 2.41. The first kappa shape index (κ1) is 13.0. The van der Waals surface area contributed by atoms with E-state index in [4.69, 9.17) is 14.6 Å². The van der Waals surface area contributed by atoms with Crippen LogP contribution in [-0.4, -0.2) is 24.3 Å². The smallest absolute Gasteiger partial charge is 0.313 e. The number of hydrogen-bond acceptors (Lipinski definition) is 4. The minimum atomic E-state index is -0.244. The summed E-state index contributed by atoms with van der Waals surface area (Å²) in [5, 5.41) is 8.58. The molecule has 1 rings (SSSR count). The molecule has 1 heterocycles. The molecule has 0 unspecified atom stereocenters. The van der Waals surface area contributed by atoms with Gasteiger partial charge in [0, 0.05) is 13.0 Å². The standard InChI is InChI=1S/C12H20O4/c13-9-5-1-3-7-11(14)16-12-8-4-2-6-10-15-12/h8,13H,1-7,9-10H2. The van der Waals surface area contributed by atoms with Gasteiger partial charge in [-0.15, -0.1) is 0 Å². The number of aliphatic hydroxyl groups excluding tert-OH is 1. The molecule has 1 N–H and O–H groups in total. The lowest BCUT2D eigenvalue weighted by Crippen LogP contribution is -2.06. The highest BCUT2D eigenvalue weighted by molar-refractivity contribution is 5.70. The van der Waals surface area contributed by atoms with Crippen molar-refractivity contribution in [1.29, 1.82) is 0 Å². The summed E-state index contributed by atoms with van der Waals surface area (Å²) in [7, 11) is 0. The highest BCUT2D eigenvalue weighted by atomic mass is 16.7. The highest BCUT2D eigenvalue weighted by Crippen LogP contribution is 2.13. The molecule has 4 nitrogen and oxygen atoms in total. The molecule has 0 atom stereocenters. The quantitative estimate of drug-likeness (QED) is 0.559. The number of esters is 1. The third-order valence-electron chi connectivity index (χ3n) is 2.41. The van der Waals surface area contributed by atoms with E-state index in [0.717, 1.165) is 38.5 Å². The highest BCUT2D eigenvalue weighted by Gasteiger charge is 2.09. The molecule has 1 aliphatic heterocycles. The predicted molar refractivity (Wildman–Crippen MR) is 59.5 cm³/mol. The fourth-order valence-corrected chi connectivity index (χ4v) is 1.49. The molecule has 92 valence electrons. The molecule has 0 spiro atoms. The first-order chi connectivity index (χ1) is 7.83. The van der Waals surface area contributed by atoms with Crippen molar-refractivity contribution < 1.29 is 19.4 Å². The first-order valence-electron chi connectivity index (χ1n) is 5.97. The van der Waals surface area contributed by atoms with Crippen molar-refractivity contribution in [2.75, 3.05) is 13.2 Å². The van der Waals surface area contributed by atoms with Crippen molar-refractivity contribution in [3.63, 3.8) is 0 Å². The van der Waals surface area contributed by atoms with Crippen molar-refractivity contribution in [2.45, 2.75) is 44.9 Å². The van der Waals surface area contributed by atoms with E-state index < -0.39 is 0 Å². The number of hydrogen-bond donors (Lipinski definition) is 1. The Bertz CT molecular complexity index is 235. The number of rotatable bonds is 6. The van der Waals surface area contributed by atoms with E-state index in [1.165, 1.54) is 0 Å². The van der Waals surface area contributed by atoms with Crippen LogP contribution in [0.25, 0.3) is 0 Å². The molecule has 0 amide bonds. The van der Waals surface area contributed by atoms with Crippen LogP contribution in [0.1, 0.15) is 44.9 Å². The monoisotopic (exact) mass is 228 g/mol. The van der Waals surface area contributed by atoms with E-state index in [0.29, 0.717) is 19.0 Å². The summed E-state index contributed by atoms with van der Waals surface area (Å²) in [6, 6.07) is 0. The average Bonchev–Trinajstić information content (AvgIpc) is 2.53. The van der Waals surface area contributed by atoms with Crippen molar-refractivity contribution in [2.24, 2.45) is 0 Å². The Morgan fingerprint density at radius 2 is 2.25 bits per heavy atom. The lowest BCUT2D eigenvalue weighted by atomic mass is 10.2. The van der Waals surface area contributed by atoms with Crippen LogP contribution in [0.3, 0.4) is 0 Å². The fraction of sp³-hybridized carbons (Fsp3) is 0.750. The topological polar surface area (TPSA) is 55.8 Å². The van der Waals surface area contributed by atoms with Crippen LogP contribution < -0.4 is 0 Å². The largest absolute Gasteiger partial charge is 0.465 e. The van der Waals surface area contributed by atoms with Gasteiger partial charge < -0.3 is 14.6 Å². The Kier molecular flexibility index (Phi) is 6.65. The molecule has 0 fully saturated rings. The van der Waals surface area contributed by atoms with E-state index >= 15 is 0 Å². The van der Waals surface area contributed by atoms with E-state index in [9.17, 15) is 4.79 Å². The Balaban J connectivity index is 2.14. The van der Waals surface area contributed by atoms with Gasteiger partial charge in [0.25, 0.3) is 5.95 Å². The molecule has 4 heteroatoms. The van der Waals surface area contributed by atoms with Crippen molar-refractivity contribution in [1.82, 2.24) is 0 Å². The second-order valence-electron chi connectivity index (χ2n) is 3.88. The average molecular weight is 228 g/mol.